The average molecular weight is 739 g/mol. The summed E-state index contributed by atoms with van der Waals surface area (Å²) in [5.41, 5.74) is 2.31. The molecule has 0 aliphatic rings. The van der Waals surface area contributed by atoms with Crippen molar-refractivity contribution < 1.29 is 9.47 Å². The molecule has 0 saturated heterocycles. The first kappa shape index (κ1) is 27.8. The number of rotatable bonds is 9. The maximum absolute atomic E-state index is 13.4. The molecule has 0 aliphatic heterocycles. The van der Waals surface area contributed by atoms with Crippen molar-refractivity contribution in [1.82, 2.24) is 9.66 Å². The van der Waals surface area contributed by atoms with Gasteiger partial charge in [0.25, 0.3) is 5.56 Å². The number of hydrogen-bond donors (Lipinski definition) is 0. The van der Waals surface area contributed by atoms with E-state index in [0.29, 0.717) is 41.4 Å². The lowest BCUT2D eigenvalue weighted by Gasteiger charge is -2.15. The van der Waals surface area contributed by atoms with Gasteiger partial charge in [-0.2, -0.15) is 9.78 Å². The molecular formula is C28H26Br2IN3O3. The van der Waals surface area contributed by atoms with Crippen molar-refractivity contribution in [2.45, 2.75) is 39.7 Å². The zero-order valence-electron chi connectivity index (χ0n) is 20.7. The predicted molar refractivity (Wildman–Crippen MR) is 164 cm³/mol. The Labute approximate surface area is 246 Å². The maximum atomic E-state index is 13.4. The van der Waals surface area contributed by atoms with Gasteiger partial charge in [0.1, 0.15) is 12.4 Å². The van der Waals surface area contributed by atoms with Crippen LogP contribution in [0, 0.1) is 3.57 Å². The van der Waals surface area contributed by atoms with E-state index < -0.39 is 0 Å². The molecule has 0 aliphatic carbocycles. The molecule has 192 valence electrons. The second kappa shape index (κ2) is 12.5. The van der Waals surface area contributed by atoms with Crippen molar-refractivity contribution in [3.8, 4) is 11.5 Å². The number of aromatic nitrogens is 2. The lowest BCUT2D eigenvalue weighted by molar-refractivity contribution is 0.267. The van der Waals surface area contributed by atoms with Crippen LogP contribution >= 0.6 is 54.5 Å². The van der Waals surface area contributed by atoms with Crippen molar-refractivity contribution in [1.29, 1.82) is 0 Å². The zero-order chi connectivity index (χ0) is 26.5. The van der Waals surface area contributed by atoms with Crippen LogP contribution in [0.2, 0.25) is 0 Å². The van der Waals surface area contributed by atoms with Gasteiger partial charge in [0, 0.05) is 14.9 Å². The Morgan fingerprint density at radius 3 is 2.49 bits per heavy atom. The highest BCUT2D eigenvalue weighted by molar-refractivity contribution is 14.1. The molecule has 0 amide bonds. The minimum atomic E-state index is -0.202. The fraction of sp³-hybridized carbons (Fsp3) is 0.250. The Morgan fingerprint density at radius 1 is 1.05 bits per heavy atom. The normalized spacial score (nSPS) is 12.3. The Kier molecular flexibility index (Phi) is 9.41. The van der Waals surface area contributed by atoms with E-state index in [1.54, 1.807) is 12.3 Å². The van der Waals surface area contributed by atoms with E-state index in [9.17, 15) is 4.79 Å². The second-order valence-corrected chi connectivity index (χ2v) is 11.5. The summed E-state index contributed by atoms with van der Waals surface area (Å²) in [5.74, 6) is 2.00. The molecule has 9 heteroatoms. The van der Waals surface area contributed by atoms with E-state index in [-0.39, 0.29) is 11.5 Å². The van der Waals surface area contributed by atoms with Crippen molar-refractivity contribution >= 4 is 71.6 Å². The van der Waals surface area contributed by atoms with Crippen LogP contribution < -0.4 is 15.0 Å². The molecule has 0 fully saturated rings. The van der Waals surface area contributed by atoms with Gasteiger partial charge < -0.3 is 9.47 Å². The van der Waals surface area contributed by atoms with E-state index in [1.165, 1.54) is 4.68 Å². The summed E-state index contributed by atoms with van der Waals surface area (Å²) < 4.78 is 16.2. The van der Waals surface area contributed by atoms with Crippen LogP contribution in [0.25, 0.3) is 10.9 Å². The summed E-state index contributed by atoms with van der Waals surface area (Å²) in [4.78, 5) is 18.2. The Hall–Kier alpha value is -2.24. The molecule has 0 spiro atoms. The summed E-state index contributed by atoms with van der Waals surface area (Å²) in [5, 5.41) is 5.11. The summed E-state index contributed by atoms with van der Waals surface area (Å²) in [6, 6.07) is 17.4. The first-order valence-electron chi connectivity index (χ1n) is 11.9. The smallest absolute Gasteiger partial charge is 0.282 e. The van der Waals surface area contributed by atoms with Crippen molar-refractivity contribution in [3.05, 3.63) is 94.4 Å². The summed E-state index contributed by atoms with van der Waals surface area (Å²) >= 11 is 9.15. The van der Waals surface area contributed by atoms with Crippen molar-refractivity contribution in [2.75, 3.05) is 6.61 Å². The summed E-state index contributed by atoms with van der Waals surface area (Å²) in [6.45, 7) is 6.96. The van der Waals surface area contributed by atoms with Gasteiger partial charge in [0.2, 0.25) is 0 Å². The quantitative estimate of drug-likeness (QED) is 0.129. The largest absolute Gasteiger partial charge is 0.490 e. The van der Waals surface area contributed by atoms with Gasteiger partial charge >= 0.3 is 0 Å². The molecule has 4 rings (SSSR count). The zero-order valence-corrected chi connectivity index (χ0v) is 26.0. The Bertz CT molecular complexity index is 1500. The SMILES string of the molecule is CCOc1cc(C=Nn2c([C@H](C)CC)nc3ccc(Br)cc3c2=O)cc(I)c1OCc1ccc(Br)cc1. The van der Waals surface area contributed by atoms with Crippen LogP contribution in [0.1, 0.15) is 50.1 Å². The third kappa shape index (κ3) is 6.61. The van der Waals surface area contributed by atoms with Gasteiger partial charge in [0.05, 0.1) is 27.3 Å². The average Bonchev–Trinajstić information content (AvgIpc) is 2.88. The van der Waals surface area contributed by atoms with E-state index in [4.69, 9.17) is 14.5 Å². The van der Waals surface area contributed by atoms with Crippen molar-refractivity contribution in [3.63, 3.8) is 0 Å². The second-order valence-electron chi connectivity index (χ2n) is 8.48. The molecule has 37 heavy (non-hydrogen) atoms. The third-order valence-electron chi connectivity index (χ3n) is 5.84. The minimum Gasteiger partial charge on any atom is -0.490 e. The van der Waals surface area contributed by atoms with Gasteiger partial charge in [0.15, 0.2) is 11.5 Å². The highest BCUT2D eigenvalue weighted by atomic mass is 127. The molecule has 1 aromatic heterocycles. The van der Waals surface area contributed by atoms with Crippen LogP contribution in [-0.2, 0) is 6.61 Å². The maximum Gasteiger partial charge on any atom is 0.282 e. The number of hydrogen-bond acceptors (Lipinski definition) is 5. The molecule has 0 radical (unpaired) electrons. The van der Waals surface area contributed by atoms with Crippen LogP contribution in [-0.4, -0.2) is 22.5 Å². The standard InChI is InChI=1S/C28H26Br2IN3O3/c1-4-17(3)27-33-24-11-10-21(30)14-22(24)28(35)34(27)32-15-19-12-23(31)26(25(13-19)36-5-2)37-16-18-6-8-20(29)9-7-18/h6-15,17H,4-5,16H2,1-3H3/t17-/m1/s1. The Morgan fingerprint density at radius 2 is 1.78 bits per heavy atom. The molecular weight excluding hydrogens is 713 g/mol. The van der Waals surface area contributed by atoms with E-state index in [1.807, 2.05) is 62.4 Å². The molecule has 3 aromatic carbocycles. The van der Waals surface area contributed by atoms with Crippen LogP contribution in [0.4, 0.5) is 0 Å². The predicted octanol–water partition coefficient (Wildman–Crippen LogP) is 7.90. The first-order chi connectivity index (χ1) is 17.8. The highest BCUT2D eigenvalue weighted by Gasteiger charge is 2.16. The summed E-state index contributed by atoms with van der Waals surface area (Å²) in [6.07, 6.45) is 2.50. The number of ether oxygens (including phenoxy) is 2. The molecule has 0 unspecified atom stereocenters. The molecule has 6 nitrogen and oxygen atoms in total. The monoisotopic (exact) mass is 737 g/mol. The number of fused-ring (bicyclic) bond motifs is 1. The van der Waals surface area contributed by atoms with E-state index in [0.717, 1.165) is 30.1 Å². The fourth-order valence-corrected chi connectivity index (χ4v) is 5.11. The molecule has 1 atom stereocenters. The summed E-state index contributed by atoms with van der Waals surface area (Å²) in [7, 11) is 0. The molecule has 4 aromatic rings. The van der Waals surface area contributed by atoms with Gasteiger partial charge in [-0.3, -0.25) is 4.79 Å². The van der Waals surface area contributed by atoms with E-state index >= 15 is 0 Å². The van der Waals surface area contributed by atoms with Crippen LogP contribution in [0.5, 0.6) is 11.5 Å². The van der Waals surface area contributed by atoms with Gasteiger partial charge in [-0.1, -0.05) is 57.8 Å². The number of halogens is 3. The third-order valence-corrected chi connectivity index (χ3v) is 7.66. The Balaban J connectivity index is 1.71. The minimum absolute atomic E-state index is 0.0615. The number of benzene rings is 3. The molecule has 0 bridgehead atoms. The highest BCUT2D eigenvalue weighted by Crippen LogP contribution is 2.34. The lowest BCUT2D eigenvalue weighted by atomic mass is 10.1. The van der Waals surface area contributed by atoms with Crippen LogP contribution in [0.15, 0.2) is 73.4 Å². The van der Waals surface area contributed by atoms with Gasteiger partial charge in [-0.25, -0.2) is 4.98 Å². The molecule has 1 heterocycles. The van der Waals surface area contributed by atoms with Crippen LogP contribution in [0.3, 0.4) is 0 Å². The molecule has 0 saturated carbocycles. The molecule has 0 N–H and O–H groups in total. The van der Waals surface area contributed by atoms with Gasteiger partial charge in [-0.15, -0.1) is 0 Å². The van der Waals surface area contributed by atoms with Crippen molar-refractivity contribution in [2.24, 2.45) is 5.10 Å². The van der Waals surface area contributed by atoms with Gasteiger partial charge in [-0.05, 0) is 89.5 Å². The topological polar surface area (TPSA) is 65.7 Å². The first-order valence-corrected chi connectivity index (χ1v) is 14.6. The fourth-order valence-electron chi connectivity index (χ4n) is 3.71. The lowest BCUT2D eigenvalue weighted by Crippen LogP contribution is -2.23. The van der Waals surface area contributed by atoms with E-state index in [2.05, 4.69) is 66.5 Å². The number of nitrogens with zero attached hydrogens (tertiary/aromatic N) is 3.